The Morgan fingerprint density at radius 1 is 1.16 bits per heavy atom. The zero-order valence-electron chi connectivity index (χ0n) is 19.9. The van der Waals surface area contributed by atoms with Crippen molar-refractivity contribution in [3.05, 3.63) is 45.9 Å². The molecule has 1 aromatic carbocycles. The SMILES string of the molecule is COC(=O)C1[C@@H]2C(c3oc(=O)oc3C)N(c3c(F)cc(N4C[C@H](CNC(=O)C(F)F)OC4=O)cc3F)C[C@H]12. The maximum atomic E-state index is 15.4. The lowest BCUT2D eigenvalue weighted by Crippen LogP contribution is -2.37. The van der Waals surface area contributed by atoms with E-state index >= 15 is 8.78 Å². The predicted molar refractivity (Wildman–Crippen MR) is 118 cm³/mol. The molecule has 2 amide bonds. The van der Waals surface area contributed by atoms with E-state index in [0.717, 1.165) is 17.0 Å². The van der Waals surface area contributed by atoms with Crippen LogP contribution in [0.5, 0.6) is 0 Å². The summed E-state index contributed by atoms with van der Waals surface area (Å²) in [5.41, 5.74) is -0.665. The standard InChI is InChI=1S/C23H21F4N3O8/c1-8-18(38-23(34)36-8)17-14-11(15(14)21(32)35-2)7-30(17)16-12(24)3-9(4-13(16)25)29-6-10(37-22(29)33)5-28-20(31)19(26)27/h3-4,10-11,14-15,17,19H,5-7H2,1-2H3,(H,28,31)/t10-,11-,14+,15?,17?/m0/s1. The number of fused-ring (bicyclic) bond motifs is 1. The van der Waals surface area contributed by atoms with Gasteiger partial charge in [-0.2, -0.15) is 8.78 Å². The molecule has 2 aliphatic heterocycles. The van der Waals surface area contributed by atoms with Gasteiger partial charge in [-0.25, -0.2) is 18.4 Å². The molecule has 5 rings (SSSR count). The van der Waals surface area contributed by atoms with Crippen LogP contribution < -0.4 is 20.9 Å². The lowest BCUT2D eigenvalue weighted by molar-refractivity contribution is -0.143. The van der Waals surface area contributed by atoms with Crippen LogP contribution in [-0.2, 0) is 19.1 Å². The van der Waals surface area contributed by atoms with Gasteiger partial charge in [0.15, 0.2) is 17.4 Å². The van der Waals surface area contributed by atoms with E-state index in [2.05, 4.69) is 0 Å². The van der Waals surface area contributed by atoms with Gasteiger partial charge in [0, 0.05) is 24.6 Å². The Bertz CT molecular complexity index is 1340. The van der Waals surface area contributed by atoms with Gasteiger partial charge in [0.25, 0.3) is 5.91 Å². The first-order valence-electron chi connectivity index (χ1n) is 11.5. The summed E-state index contributed by atoms with van der Waals surface area (Å²) in [5, 5.41) is 1.92. The Labute approximate surface area is 211 Å². The fraction of sp³-hybridized carbons (Fsp3) is 0.478. The maximum absolute atomic E-state index is 15.4. The van der Waals surface area contributed by atoms with E-state index in [0.29, 0.717) is 0 Å². The fourth-order valence-corrected chi connectivity index (χ4v) is 5.37. The van der Waals surface area contributed by atoms with E-state index in [1.165, 1.54) is 18.9 Å². The molecular formula is C23H21F4N3O8. The zero-order chi connectivity index (χ0) is 27.5. The molecule has 0 bridgehead atoms. The van der Waals surface area contributed by atoms with Gasteiger partial charge in [-0.05, 0) is 12.8 Å². The number of esters is 1. The minimum atomic E-state index is -3.25. The number of hydrogen-bond acceptors (Lipinski definition) is 9. The highest BCUT2D eigenvalue weighted by molar-refractivity contribution is 5.90. The van der Waals surface area contributed by atoms with Gasteiger partial charge in [0.1, 0.15) is 17.6 Å². The van der Waals surface area contributed by atoms with Gasteiger partial charge >= 0.3 is 24.3 Å². The average molecular weight is 543 g/mol. The number of aryl methyl sites for hydroxylation is 1. The summed E-state index contributed by atoms with van der Waals surface area (Å²) in [6.45, 7) is 0.838. The minimum Gasteiger partial charge on any atom is -0.469 e. The quantitative estimate of drug-likeness (QED) is 0.412. The number of nitrogens with one attached hydrogen (secondary N) is 1. The summed E-state index contributed by atoms with van der Waals surface area (Å²) in [4.78, 5) is 49.5. The molecule has 0 radical (unpaired) electrons. The molecule has 0 spiro atoms. The molecule has 3 heterocycles. The van der Waals surface area contributed by atoms with E-state index in [9.17, 15) is 28.0 Å². The lowest BCUT2D eigenvalue weighted by Gasteiger charge is -2.30. The Balaban J connectivity index is 1.40. The Morgan fingerprint density at radius 3 is 2.42 bits per heavy atom. The molecule has 1 saturated carbocycles. The van der Waals surface area contributed by atoms with Gasteiger partial charge in [0.05, 0.1) is 37.8 Å². The van der Waals surface area contributed by atoms with Gasteiger partial charge in [-0.1, -0.05) is 0 Å². The molecule has 3 fully saturated rings. The third kappa shape index (κ3) is 4.24. The first kappa shape index (κ1) is 25.6. The van der Waals surface area contributed by atoms with Crippen molar-refractivity contribution in [1.82, 2.24) is 5.32 Å². The number of cyclic esters (lactones) is 1. The second-order valence-electron chi connectivity index (χ2n) is 9.18. The number of amides is 2. The predicted octanol–water partition coefficient (Wildman–Crippen LogP) is 2.12. The summed E-state index contributed by atoms with van der Waals surface area (Å²) < 4.78 is 75.5. The van der Waals surface area contributed by atoms with Crippen LogP contribution >= 0.6 is 0 Å². The summed E-state index contributed by atoms with van der Waals surface area (Å²) in [6, 6.07) is 0.901. The van der Waals surface area contributed by atoms with E-state index in [1.807, 2.05) is 5.32 Å². The summed E-state index contributed by atoms with van der Waals surface area (Å²) >= 11 is 0. The topological polar surface area (TPSA) is 132 Å². The number of carbonyl (C=O) groups is 3. The van der Waals surface area contributed by atoms with Gasteiger partial charge in [-0.3, -0.25) is 14.5 Å². The van der Waals surface area contributed by atoms with Crippen LogP contribution in [0.2, 0.25) is 0 Å². The number of rotatable bonds is 7. The highest BCUT2D eigenvalue weighted by atomic mass is 19.3. The second-order valence-corrected chi connectivity index (χ2v) is 9.18. The summed E-state index contributed by atoms with van der Waals surface area (Å²) in [7, 11) is 1.23. The molecule has 15 heteroatoms. The molecule has 1 aliphatic carbocycles. The summed E-state index contributed by atoms with van der Waals surface area (Å²) in [5.74, 6) is -6.31. The zero-order valence-corrected chi connectivity index (χ0v) is 19.9. The minimum absolute atomic E-state index is 0.0357. The number of nitrogens with zero attached hydrogens (tertiary/aromatic N) is 2. The Kier molecular flexibility index (Phi) is 6.31. The Hall–Kier alpha value is -4.04. The number of hydrogen-bond donors (Lipinski definition) is 1. The molecule has 2 aromatic rings. The van der Waals surface area contributed by atoms with Gasteiger partial charge < -0.3 is 28.5 Å². The fourth-order valence-electron chi connectivity index (χ4n) is 5.37. The van der Waals surface area contributed by atoms with Crippen molar-refractivity contribution in [3.8, 4) is 0 Å². The largest absolute Gasteiger partial charge is 0.519 e. The number of alkyl halides is 2. The van der Waals surface area contributed by atoms with E-state index in [4.69, 9.17) is 18.3 Å². The molecule has 204 valence electrons. The first-order chi connectivity index (χ1) is 18.0. The van der Waals surface area contributed by atoms with E-state index < -0.39 is 78.1 Å². The molecule has 5 atom stereocenters. The van der Waals surface area contributed by atoms with Crippen molar-refractivity contribution in [2.24, 2.45) is 17.8 Å². The second kappa shape index (κ2) is 9.36. The van der Waals surface area contributed by atoms with Crippen LogP contribution in [0.1, 0.15) is 17.6 Å². The molecule has 2 unspecified atom stereocenters. The normalized spacial score (nSPS) is 26.0. The molecule has 11 nitrogen and oxygen atoms in total. The molecule has 1 aromatic heterocycles. The van der Waals surface area contributed by atoms with Crippen molar-refractivity contribution in [2.75, 3.05) is 36.5 Å². The molecule has 38 heavy (non-hydrogen) atoms. The van der Waals surface area contributed by atoms with Crippen LogP contribution in [0.3, 0.4) is 0 Å². The highest BCUT2D eigenvalue weighted by Crippen LogP contribution is 2.63. The number of anilines is 2. The van der Waals surface area contributed by atoms with Crippen molar-refractivity contribution in [1.29, 1.82) is 0 Å². The molecular weight excluding hydrogens is 522 g/mol. The van der Waals surface area contributed by atoms with Gasteiger partial charge in [0.2, 0.25) is 0 Å². The number of piperidine rings is 1. The number of ether oxygens (including phenoxy) is 2. The average Bonchev–Trinajstić information content (AvgIpc) is 3.09. The number of halogens is 4. The number of carbonyl (C=O) groups excluding carboxylic acids is 3. The van der Waals surface area contributed by atoms with Crippen molar-refractivity contribution >= 4 is 29.3 Å². The Morgan fingerprint density at radius 2 is 1.84 bits per heavy atom. The third-order valence-corrected chi connectivity index (χ3v) is 7.03. The van der Waals surface area contributed by atoms with Crippen molar-refractivity contribution in [2.45, 2.75) is 25.5 Å². The molecule has 3 aliphatic rings. The van der Waals surface area contributed by atoms with E-state index in [1.54, 1.807) is 0 Å². The maximum Gasteiger partial charge on any atom is 0.519 e. The highest BCUT2D eigenvalue weighted by Gasteiger charge is 2.67. The summed E-state index contributed by atoms with van der Waals surface area (Å²) in [6.07, 6.45) is -5.25. The van der Waals surface area contributed by atoms with Crippen LogP contribution in [-0.4, -0.2) is 57.2 Å². The van der Waals surface area contributed by atoms with Crippen LogP contribution in [0.15, 0.2) is 25.8 Å². The smallest absolute Gasteiger partial charge is 0.469 e. The van der Waals surface area contributed by atoms with Crippen LogP contribution in [0.4, 0.5) is 33.7 Å². The number of methoxy groups -OCH3 is 1. The van der Waals surface area contributed by atoms with Crippen molar-refractivity contribution < 1.29 is 50.3 Å². The van der Waals surface area contributed by atoms with Crippen LogP contribution in [0, 0.1) is 36.3 Å². The molecule has 1 N–H and O–H groups in total. The monoisotopic (exact) mass is 543 g/mol. The van der Waals surface area contributed by atoms with E-state index in [-0.39, 0.29) is 36.2 Å². The van der Waals surface area contributed by atoms with Crippen LogP contribution in [0.25, 0.3) is 0 Å². The van der Waals surface area contributed by atoms with Gasteiger partial charge in [-0.15, -0.1) is 0 Å². The van der Waals surface area contributed by atoms with Crippen molar-refractivity contribution in [3.63, 3.8) is 0 Å². The number of benzene rings is 1. The molecule has 2 saturated heterocycles. The first-order valence-corrected chi connectivity index (χ1v) is 11.5. The third-order valence-electron chi connectivity index (χ3n) is 7.03. The lowest BCUT2D eigenvalue weighted by atomic mass is 10.0.